The van der Waals surface area contributed by atoms with Crippen LogP contribution in [-0.2, 0) is 6.42 Å². The fraction of sp³-hybridized carbons (Fsp3) is 0.188. The fourth-order valence-electron chi connectivity index (χ4n) is 2.34. The summed E-state index contributed by atoms with van der Waals surface area (Å²) >= 11 is 0. The highest BCUT2D eigenvalue weighted by Gasteiger charge is 2.10. The smallest absolute Gasteiger partial charge is 0.254 e. The molecule has 0 aliphatic heterocycles. The van der Waals surface area contributed by atoms with Gasteiger partial charge in [-0.05, 0) is 19.1 Å². The number of aliphatic hydroxyl groups excluding tert-OH is 1. The highest BCUT2D eigenvalue weighted by Crippen LogP contribution is 2.17. The molecule has 3 rings (SSSR count). The van der Waals surface area contributed by atoms with Crippen molar-refractivity contribution in [2.45, 2.75) is 13.3 Å². The van der Waals surface area contributed by atoms with Crippen molar-refractivity contribution in [3.05, 3.63) is 58.0 Å². The van der Waals surface area contributed by atoms with Gasteiger partial charge in [0, 0.05) is 29.7 Å². The maximum Gasteiger partial charge on any atom is 0.254 e. The lowest BCUT2D eigenvalue weighted by atomic mass is 10.1. The average Bonchev–Trinajstić information content (AvgIpc) is 2.50. The van der Waals surface area contributed by atoms with E-state index in [-0.39, 0.29) is 12.2 Å². The normalized spacial score (nSPS) is 11.0. The largest absolute Gasteiger partial charge is 0.396 e. The van der Waals surface area contributed by atoms with Crippen molar-refractivity contribution in [2.24, 2.45) is 0 Å². The van der Waals surface area contributed by atoms with E-state index in [1.165, 1.54) is 0 Å². The zero-order chi connectivity index (χ0) is 14.8. The summed E-state index contributed by atoms with van der Waals surface area (Å²) in [5.41, 5.74) is 2.40. The van der Waals surface area contributed by atoms with Gasteiger partial charge in [-0.1, -0.05) is 24.3 Å². The van der Waals surface area contributed by atoms with Crippen LogP contribution < -0.4 is 5.56 Å². The Morgan fingerprint density at radius 1 is 1.14 bits per heavy atom. The summed E-state index contributed by atoms with van der Waals surface area (Å²) in [6.45, 7) is 1.70. The van der Waals surface area contributed by atoms with E-state index < -0.39 is 0 Å². The fourth-order valence-corrected chi connectivity index (χ4v) is 2.34. The number of aliphatic hydroxyl groups is 1. The molecule has 0 amide bonds. The number of fused-ring (bicyclic) bond motifs is 1. The van der Waals surface area contributed by atoms with Crippen molar-refractivity contribution < 1.29 is 5.11 Å². The van der Waals surface area contributed by atoms with Crippen LogP contribution in [0.25, 0.3) is 22.4 Å². The molecule has 21 heavy (non-hydrogen) atoms. The first kappa shape index (κ1) is 13.5. The summed E-state index contributed by atoms with van der Waals surface area (Å²) in [6.07, 6.45) is 0.305. The third kappa shape index (κ3) is 2.55. The summed E-state index contributed by atoms with van der Waals surface area (Å²) in [6, 6.07) is 11.6. The number of hydrogen-bond donors (Lipinski definition) is 2. The Hall–Kier alpha value is -2.53. The van der Waals surface area contributed by atoms with Crippen molar-refractivity contribution in [3.8, 4) is 11.5 Å². The van der Waals surface area contributed by atoms with Crippen LogP contribution in [0.4, 0.5) is 0 Å². The summed E-state index contributed by atoms with van der Waals surface area (Å²) in [7, 11) is 0. The standard InChI is InChI=1S/C16H15N3O2/c1-10-12(8-9-20)16(21)19-15(17-10)14-7-6-11-4-2-3-5-13(11)18-14/h2-7,20H,8-9H2,1H3,(H,17,19,21). The Kier molecular flexibility index (Phi) is 3.50. The second kappa shape index (κ2) is 5.46. The Labute approximate surface area is 121 Å². The molecule has 0 fully saturated rings. The first-order chi connectivity index (χ1) is 10.2. The van der Waals surface area contributed by atoms with Crippen LogP contribution >= 0.6 is 0 Å². The van der Waals surface area contributed by atoms with Gasteiger partial charge in [-0.15, -0.1) is 0 Å². The van der Waals surface area contributed by atoms with Crippen molar-refractivity contribution in [3.63, 3.8) is 0 Å². The number of pyridine rings is 1. The van der Waals surface area contributed by atoms with Gasteiger partial charge in [0.2, 0.25) is 0 Å². The molecule has 0 spiro atoms. The Morgan fingerprint density at radius 2 is 1.95 bits per heavy atom. The second-order valence-corrected chi connectivity index (χ2v) is 4.84. The number of rotatable bonds is 3. The molecular formula is C16H15N3O2. The van der Waals surface area contributed by atoms with E-state index in [4.69, 9.17) is 5.11 Å². The number of aromatic nitrogens is 3. The summed E-state index contributed by atoms with van der Waals surface area (Å²) in [5, 5.41) is 10.0. The molecule has 3 aromatic rings. The number of aryl methyl sites for hydroxylation is 1. The zero-order valence-electron chi connectivity index (χ0n) is 11.6. The van der Waals surface area contributed by atoms with Gasteiger partial charge in [-0.2, -0.15) is 0 Å². The minimum atomic E-state index is -0.221. The maximum atomic E-state index is 12.1. The molecule has 2 heterocycles. The van der Waals surface area contributed by atoms with Gasteiger partial charge in [0.15, 0.2) is 5.82 Å². The van der Waals surface area contributed by atoms with Gasteiger partial charge in [0.05, 0.1) is 5.52 Å². The van der Waals surface area contributed by atoms with Crippen molar-refractivity contribution in [1.82, 2.24) is 15.0 Å². The minimum absolute atomic E-state index is 0.0703. The van der Waals surface area contributed by atoms with Gasteiger partial charge in [0.25, 0.3) is 5.56 Å². The summed E-state index contributed by atoms with van der Waals surface area (Å²) in [5.74, 6) is 0.449. The van der Waals surface area contributed by atoms with Crippen LogP contribution in [0.15, 0.2) is 41.2 Å². The first-order valence-electron chi connectivity index (χ1n) is 6.76. The molecular weight excluding hydrogens is 266 g/mol. The molecule has 0 aliphatic rings. The molecule has 0 atom stereocenters. The van der Waals surface area contributed by atoms with Crippen molar-refractivity contribution in [1.29, 1.82) is 0 Å². The number of aromatic amines is 1. The maximum absolute atomic E-state index is 12.1. The monoisotopic (exact) mass is 281 g/mol. The Balaban J connectivity index is 2.12. The van der Waals surface area contributed by atoms with E-state index in [1.54, 1.807) is 6.92 Å². The molecule has 0 aliphatic carbocycles. The average molecular weight is 281 g/mol. The number of nitrogens with one attached hydrogen (secondary N) is 1. The van der Waals surface area contributed by atoms with Crippen LogP contribution in [0.3, 0.4) is 0 Å². The Morgan fingerprint density at radius 3 is 2.71 bits per heavy atom. The van der Waals surface area contributed by atoms with Crippen LogP contribution in [0.1, 0.15) is 11.3 Å². The number of nitrogens with zero attached hydrogens (tertiary/aromatic N) is 2. The summed E-state index contributed by atoms with van der Waals surface area (Å²) in [4.78, 5) is 23.7. The van der Waals surface area contributed by atoms with Crippen LogP contribution in [-0.4, -0.2) is 26.7 Å². The highest BCUT2D eigenvalue weighted by atomic mass is 16.3. The molecule has 2 N–H and O–H groups in total. The zero-order valence-corrected chi connectivity index (χ0v) is 11.6. The quantitative estimate of drug-likeness (QED) is 0.767. The third-order valence-corrected chi connectivity index (χ3v) is 3.43. The Bertz CT molecular complexity index is 856. The first-order valence-corrected chi connectivity index (χ1v) is 6.76. The minimum Gasteiger partial charge on any atom is -0.396 e. The second-order valence-electron chi connectivity index (χ2n) is 4.84. The molecule has 5 heteroatoms. The van der Waals surface area contributed by atoms with E-state index in [0.717, 1.165) is 10.9 Å². The molecule has 0 radical (unpaired) electrons. The third-order valence-electron chi connectivity index (χ3n) is 3.43. The van der Waals surface area contributed by atoms with Gasteiger partial charge < -0.3 is 10.1 Å². The van der Waals surface area contributed by atoms with Crippen molar-refractivity contribution in [2.75, 3.05) is 6.61 Å². The van der Waals surface area contributed by atoms with Crippen LogP contribution in [0.5, 0.6) is 0 Å². The lowest BCUT2D eigenvalue weighted by molar-refractivity contribution is 0.298. The molecule has 0 saturated carbocycles. The molecule has 1 aromatic carbocycles. The molecule has 5 nitrogen and oxygen atoms in total. The number of para-hydroxylation sites is 1. The van der Waals surface area contributed by atoms with Gasteiger partial charge in [-0.25, -0.2) is 9.97 Å². The van der Waals surface area contributed by atoms with E-state index in [2.05, 4.69) is 15.0 Å². The van der Waals surface area contributed by atoms with E-state index >= 15 is 0 Å². The summed E-state index contributed by atoms with van der Waals surface area (Å²) < 4.78 is 0. The van der Waals surface area contributed by atoms with Crippen LogP contribution in [0.2, 0.25) is 0 Å². The number of benzene rings is 1. The van der Waals surface area contributed by atoms with Crippen LogP contribution in [0, 0.1) is 6.92 Å². The molecule has 106 valence electrons. The van der Waals surface area contributed by atoms with Gasteiger partial charge in [0.1, 0.15) is 5.69 Å². The van der Waals surface area contributed by atoms with Gasteiger partial charge in [-0.3, -0.25) is 4.79 Å². The lowest BCUT2D eigenvalue weighted by Crippen LogP contribution is -2.18. The predicted octanol–water partition coefficient (Wildman–Crippen LogP) is 1.83. The molecule has 0 unspecified atom stereocenters. The SMILES string of the molecule is Cc1nc(-c2ccc3ccccc3n2)[nH]c(=O)c1CCO. The number of H-pyrrole nitrogens is 1. The lowest BCUT2D eigenvalue weighted by Gasteiger charge is -2.06. The van der Waals surface area contributed by atoms with E-state index in [1.807, 2.05) is 36.4 Å². The van der Waals surface area contributed by atoms with E-state index in [9.17, 15) is 4.79 Å². The molecule has 2 aromatic heterocycles. The topological polar surface area (TPSA) is 78.9 Å². The predicted molar refractivity (Wildman–Crippen MR) is 81.1 cm³/mol. The van der Waals surface area contributed by atoms with Crippen molar-refractivity contribution >= 4 is 10.9 Å². The molecule has 0 saturated heterocycles. The highest BCUT2D eigenvalue weighted by molar-refractivity contribution is 5.80. The molecule has 0 bridgehead atoms. The number of hydrogen-bond acceptors (Lipinski definition) is 4. The van der Waals surface area contributed by atoms with E-state index in [0.29, 0.717) is 29.2 Å². The van der Waals surface area contributed by atoms with Gasteiger partial charge >= 0.3 is 0 Å².